The molecule has 20 heavy (non-hydrogen) atoms. The summed E-state index contributed by atoms with van der Waals surface area (Å²) >= 11 is 5.98. The van der Waals surface area contributed by atoms with E-state index in [-0.39, 0.29) is 0 Å². The number of ether oxygens (including phenoxy) is 4. The van der Waals surface area contributed by atoms with E-state index in [1.54, 1.807) is 0 Å². The highest BCUT2D eigenvalue weighted by atomic mass is 35.5. The second kappa shape index (κ2) is 7.00. The van der Waals surface area contributed by atoms with Gasteiger partial charge in [0.15, 0.2) is 11.5 Å². The lowest BCUT2D eigenvalue weighted by Crippen LogP contribution is -2.20. The highest BCUT2D eigenvalue weighted by Gasteiger charge is 2.28. The molecule has 7 heteroatoms. The van der Waals surface area contributed by atoms with Crippen molar-refractivity contribution in [2.45, 2.75) is 5.38 Å². The number of rotatable bonds is 6. The molecule has 110 valence electrons. The zero-order valence-electron chi connectivity index (χ0n) is 11.6. The van der Waals surface area contributed by atoms with Crippen LogP contribution in [0.3, 0.4) is 0 Å². The van der Waals surface area contributed by atoms with Gasteiger partial charge in [0.2, 0.25) is 5.75 Å². The van der Waals surface area contributed by atoms with Gasteiger partial charge < -0.3 is 18.9 Å². The van der Waals surface area contributed by atoms with Gasteiger partial charge in [-0.25, -0.2) is 4.79 Å². The first-order valence-corrected chi connectivity index (χ1v) is 5.99. The van der Waals surface area contributed by atoms with Crippen molar-refractivity contribution < 1.29 is 28.5 Å². The van der Waals surface area contributed by atoms with Crippen LogP contribution in [0.5, 0.6) is 17.2 Å². The zero-order valence-corrected chi connectivity index (χ0v) is 12.3. The Kier molecular flexibility index (Phi) is 5.64. The van der Waals surface area contributed by atoms with Crippen LogP contribution in [0.1, 0.15) is 10.9 Å². The average Bonchev–Trinajstić information content (AvgIpc) is 2.50. The van der Waals surface area contributed by atoms with Crippen LogP contribution in [-0.2, 0) is 14.3 Å². The summed E-state index contributed by atoms with van der Waals surface area (Å²) in [5, 5.41) is -1.20. The number of esters is 1. The zero-order chi connectivity index (χ0) is 15.3. The van der Waals surface area contributed by atoms with Crippen LogP contribution in [-0.4, -0.2) is 40.2 Å². The minimum absolute atomic E-state index is 0.338. The van der Waals surface area contributed by atoms with Crippen LogP contribution in [0, 0.1) is 0 Å². The molecule has 0 aromatic heterocycles. The molecule has 1 rings (SSSR count). The molecule has 6 nitrogen and oxygen atoms in total. The maximum atomic E-state index is 11.7. The molecule has 0 fully saturated rings. The number of ketones is 1. The lowest BCUT2D eigenvalue weighted by Gasteiger charge is -2.15. The monoisotopic (exact) mass is 302 g/mol. The van der Waals surface area contributed by atoms with Crippen LogP contribution in [0.4, 0.5) is 0 Å². The van der Waals surface area contributed by atoms with Gasteiger partial charge in [-0.2, -0.15) is 0 Å². The predicted molar refractivity (Wildman–Crippen MR) is 71.7 cm³/mol. The fourth-order valence-corrected chi connectivity index (χ4v) is 1.82. The second-order valence-electron chi connectivity index (χ2n) is 3.68. The summed E-state index contributed by atoms with van der Waals surface area (Å²) in [6.45, 7) is 0. The fraction of sp³-hybridized carbons (Fsp3) is 0.385. The summed E-state index contributed by atoms with van der Waals surface area (Å²) < 4.78 is 19.8. The Morgan fingerprint density at radius 1 is 1.00 bits per heavy atom. The molecule has 1 aromatic rings. The van der Waals surface area contributed by atoms with E-state index in [1.165, 1.54) is 33.5 Å². The first kappa shape index (κ1) is 16.1. The van der Waals surface area contributed by atoms with Crippen LogP contribution in [0.15, 0.2) is 12.1 Å². The van der Waals surface area contributed by atoms with E-state index in [0.717, 1.165) is 7.11 Å². The maximum Gasteiger partial charge on any atom is 0.376 e. The minimum atomic E-state index is -1.20. The summed E-state index contributed by atoms with van der Waals surface area (Å²) in [7, 11) is 5.44. The van der Waals surface area contributed by atoms with E-state index in [2.05, 4.69) is 4.74 Å². The molecule has 0 aliphatic heterocycles. The Hall–Kier alpha value is -1.95. The highest BCUT2D eigenvalue weighted by Crippen LogP contribution is 2.40. The summed E-state index contributed by atoms with van der Waals surface area (Å²) in [6, 6.07) is 3.00. The normalized spacial score (nSPS) is 11.4. The van der Waals surface area contributed by atoms with Gasteiger partial charge in [-0.15, -0.1) is 11.6 Å². The van der Waals surface area contributed by atoms with Crippen molar-refractivity contribution in [3.8, 4) is 17.2 Å². The molecule has 0 amide bonds. The summed E-state index contributed by atoms with van der Waals surface area (Å²) in [5.41, 5.74) is 0.344. The highest BCUT2D eigenvalue weighted by molar-refractivity contribution is 6.47. The molecule has 0 heterocycles. The predicted octanol–water partition coefficient (Wildman–Crippen LogP) is 1.73. The van der Waals surface area contributed by atoms with Crippen molar-refractivity contribution in [2.75, 3.05) is 28.4 Å². The number of methoxy groups -OCH3 is 4. The Balaban J connectivity index is 3.25. The number of alkyl halides is 1. The number of Topliss-reactive ketones (excluding diaryl/α,β-unsaturated/α-hetero) is 1. The third-order valence-electron chi connectivity index (χ3n) is 2.60. The molecule has 0 bridgehead atoms. The molecule has 1 atom stereocenters. The molecule has 0 saturated carbocycles. The SMILES string of the molecule is COC(=O)C(=O)C(Cl)c1cc(OC)c(OC)c(OC)c1. The molecule has 0 aliphatic carbocycles. The van der Waals surface area contributed by atoms with Crippen LogP contribution in [0.25, 0.3) is 0 Å². The molecule has 0 spiro atoms. The number of hydrogen-bond donors (Lipinski definition) is 0. The van der Waals surface area contributed by atoms with E-state index in [4.69, 9.17) is 25.8 Å². The van der Waals surface area contributed by atoms with E-state index in [0.29, 0.717) is 22.8 Å². The van der Waals surface area contributed by atoms with Crippen molar-refractivity contribution in [1.29, 1.82) is 0 Å². The topological polar surface area (TPSA) is 71.1 Å². The van der Waals surface area contributed by atoms with Gasteiger partial charge in [0.1, 0.15) is 5.38 Å². The first-order valence-electron chi connectivity index (χ1n) is 5.56. The van der Waals surface area contributed by atoms with Gasteiger partial charge in [-0.3, -0.25) is 4.79 Å². The van der Waals surface area contributed by atoms with Crippen molar-refractivity contribution in [1.82, 2.24) is 0 Å². The van der Waals surface area contributed by atoms with Gasteiger partial charge in [0.25, 0.3) is 5.78 Å². The van der Waals surface area contributed by atoms with Gasteiger partial charge >= 0.3 is 5.97 Å². The van der Waals surface area contributed by atoms with Crippen LogP contribution < -0.4 is 14.2 Å². The molecule has 0 radical (unpaired) electrons. The Bertz CT molecular complexity index is 489. The average molecular weight is 303 g/mol. The second-order valence-corrected chi connectivity index (χ2v) is 4.11. The van der Waals surface area contributed by atoms with Crippen LogP contribution in [0.2, 0.25) is 0 Å². The molecule has 1 unspecified atom stereocenters. The molecule has 0 saturated heterocycles. The van der Waals surface area contributed by atoms with Crippen molar-refractivity contribution in [3.63, 3.8) is 0 Å². The molecule has 1 aromatic carbocycles. The lowest BCUT2D eigenvalue weighted by atomic mass is 10.1. The summed E-state index contributed by atoms with van der Waals surface area (Å²) in [4.78, 5) is 22.9. The van der Waals surface area contributed by atoms with Gasteiger partial charge in [-0.1, -0.05) is 0 Å². The number of carbonyl (C=O) groups excluding carboxylic acids is 2. The summed E-state index contributed by atoms with van der Waals surface area (Å²) in [5.74, 6) is -0.842. The largest absolute Gasteiger partial charge is 0.493 e. The van der Waals surface area contributed by atoms with Gasteiger partial charge in [0.05, 0.1) is 28.4 Å². The maximum absolute atomic E-state index is 11.7. The van der Waals surface area contributed by atoms with Crippen molar-refractivity contribution in [3.05, 3.63) is 17.7 Å². The Morgan fingerprint density at radius 3 is 1.85 bits per heavy atom. The number of carbonyl (C=O) groups is 2. The van der Waals surface area contributed by atoms with Crippen LogP contribution >= 0.6 is 11.6 Å². The summed E-state index contributed by atoms with van der Waals surface area (Å²) in [6.07, 6.45) is 0. The quantitative estimate of drug-likeness (QED) is 0.453. The first-order chi connectivity index (χ1) is 9.49. The molecule has 0 aliphatic rings. The smallest absolute Gasteiger partial charge is 0.376 e. The molecule has 0 N–H and O–H groups in total. The number of benzene rings is 1. The van der Waals surface area contributed by atoms with E-state index >= 15 is 0 Å². The van der Waals surface area contributed by atoms with Crippen molar-refractivity contribution >= 4 is 23.4 Å². The number of halogens is 1. The third-order valence-corrected chi connectivity index (χ3v) is 3.05. The minimum Gasteiger partial charge on any atom is -0.493 e. The van der Waals surface area contributed by atoms with E-state index in [1.807, 2.05) is 0 Å². The van der Waals surface area contributed by atoms with E-state index < -0.39 is 17.1 Å². The Morgan fingerprint density at radius 2 is 1.50 bits per heavy atom. The van der Waals surface area contributed by atoms with E-state index in [9.17, 15) is 9.59 Å². The van der Waals surface area contributed by atoms with Crippen molar-refractivity contribution in [2.24, 2.45) is 0 Å². The Labute approximate surface area is 121 Å². The molecular weight excluding hydrogens is 288 g/mol. The third kappa shape index (κ3) is 3.14. The number of hydrogen-bond acceptors (Lipinski definition) is 6. The lowest BCUT2D eigenvalue weighted by molar-refractivity contribution is -0.151. The van der Waals surface area contributed by atoms with Gasteiger partial charge in [0, 0.05) is 0 Å². The van der Waals surface area contributed by atoms with Gasteiger partial charge in [-0.05, 0) is 17.7 Å². The molecular formula is C13H15ClO6. The standard InChI is InChI=1S/C13H15ClO6/c1-17-8-5-7(6-9(18-2)12(8)19-3)10(14)11(15)13(16)20-4/h5-6,10H,1-4H3. The fourth-order valence-electron chi connectivity index (χ4n) is 1.60.